The molecule has 118 valence electrons. The van der Waals surface area contributed by atoms with E-state index in [0.29, 0.717) is 33.9 Å². The molecule has 0 aliphatic heterocycles. The van der Waals surface area contributed by atoms with Crippen molar-refractivity contribution in [2.45, 2.75) is 27.7 Å². The van der Waals surface area contributed by atoms with Gasteiger partial charge in [0.25, 0.3) is 5.91 Å². The van der Waals surface area contributed by atoms with Crippen molar-refractivity contribution >= 4 is 34.5 Å². The van der Waals surface area contributed by atoms with Crippen molar-refractivity contribution in [1.29, 1.82) is 0 Å². The van der Waals surface area contributed by atoms with Gasteiger partial charge in [-0.25, -0.2) is 4.98 Å². The number of ether oxygens (including phenoxy) is 1. The molecule has 0 aliphatic rings. The van der Waals surface area contributed by atoms with Crippen LogP contribution in [0.4, 0.5) is 5.69 Å². The molecule has 2 rings (SSSR count). The number of carbonyl (C=O) groups excluding carboxylic acids is 1. The zero-order chi connectivity index (χ0) is 16.3. The maximum Gasteiger partial charge on any atom is 0.267 e. The van der Waals surface area contributed by atoms with Gasteiger partial charge in [0.05, 0.1) is 22.3 Å². The minimum Gasteiger partial charge on any atom is -0.492 e. The summed E-state index contributed by atoms with van der Waals surface area (Å²) in [7, 11) is 0. The number of hydrogen-bond donors (Lipinski definition) is 1. The van der Waals surface area contributed by atoms with Crippen LogP contribution in [0.25, 0.3) is 0 Å². The zero-order valence-corrected chi connectivity index (χ0v) is 14.6. The summed E-state index contributed by atoms with van der Waals surface area (Å²) in [5.74, 6) is 0.876. The molecule has 0 saturated heterocycles. The largest absolute Gasteiger partial charge is 0.492 e. The summed E-state index contributed by atoms with van der Waals surface area (Å²) in [6.07, 6.45) is 0. The maximum atomic E-state index is 12.2. The summed E-state index contributed by atoms with van der Waals surface area (Å²) >= 11 is 7.57. The second-order valence-corrected chi connectivity index (χ2v) is 7.06. The van der Waals surface area contributed by atoms with E-state index in [-0.39, 0.29) is 5.91 Å². The Morgan fingerprint density at radius 2 is 2.14 bits per heavy atom. The van der Waals surface area contributed by atoms with E-state index in [1.807, 2.05) is 13.8 Å². The van der Waals surface area contributed by atoms with E-state index in [0.717, 1.165) is 10.7 Å². The van der Waals surface area contributed by atoms with E-state index in [1.54, 1.807) is 18.2 Å². The topological polar surface area (TPSA) is 51.2 Å². The smallest absolute Gasteiger partial charge is 0.267 e. The van der Waals surface area contributed by atoms with E-state index in [2.05, 4.69) is 24.1 Å². The zero-order valence-electron chi connectivity index (χ0n) is 13.1. The highest BCUT2D eigenvalue weighted by Crippen LogP contribution is 2.28. The molecule has 0 saturated carbocycles. The quantitative estimate of drug-likeness (QED) is 0.859. The molecule has 6 heteroatoms. The Bertz CT molecular complexity index is 683. The predicted molar refractivity (Wildman–Crippen MR) is 91.3 cm³/mol. The standard InChI is InChI=1S/C16H19ClN2O2S/c1-9(2)8-21-14-6-5-12(7-13(14)17)19-16(20)15-10(3)18-11(4)22-15/h5-7,9H,8H2,1-4H3,(H,19,20). The third-order valence-electron chi connectivity index (χ3n) is 2.87. The normalized spacial score (nSPS) is 10.8. The minimum atomic E-state index is -0.171. The van der Waals surface area contributed by atoms with E-state index in [9.17, 15) is 4.79 Å². The molecule has 1 heterocycles. The number of aromatic nitrogens is 1. The predicted octanol–water partition coefficient (Wildman–Crippen LogP) is 4.70. The van der Waals surface area contributed by atoms with Crippen molar-refractivity contribution in [3.05, 3.63) is 38.8 Å². The molecule has 1 amide bonds. The van der Waals surface area contributed by atoms with Crippen LogP contribution in [-0.4, -0.2) is 17.5 Å². The molecule has 1 aromatic carbocycles. The molecular formula is C16H19ClN2O2S. The molecular weight excluding hydrogens is 320 g/mol. The molecule has 0 aliphatic carbocycles. The number of amides is 1. The van der Waals surface area contributed by atoms with E-state index in [4.69, 9.17) is 16.3 Å². The van der Waals surface area contributed by atoms with Gasteiger partial charge in [-0.05, 0) is 38.0 Å². The molecule has 0 bridgehead atoms. The summed E-state index contributed by atoms with van der Waals surface area (Å²) in [6.45, 7) is 8.45. The van der Waals surface area contributed by atoms with Crippen LogP contribution in [0.5, 0.6) is 5.75 Å². The number of aryl methyl sites for hydroxylation is 2. The number of carbonyl (C=O) groups is 1. The summed E-state index contributed by atoms with van der Waals surface area (Å²) in [5, 5.41) is 4.19. The van der Waals surface area contributed by atoms with Crippen molar-refractivity contribution in [3.8, 4) is 5.75 Å². The van der Waals surface area contributed by atoms with Crippen molar-refractivity contribution in [1.82, 2.24) is 4.98 Å². The second-order valence-electron chi connectivity index (χ2n) is 5.45. The lowest BCUT2D eigenvalue weighted by Gasteiger charge is -2.11. The van der Waals surface area contributed by atoms with E-state index < -0.39 is 0 Å². The summed E-state index contributed by atoms with van der Waals surface area (Å²) in [6, 6.07) is 5.24. The third-order valence-corrected chi connectivity index (χ3v) is 4.24. The molecule has 2 aromatic rings. The fourth-order valence-electron chi connectivity index (χ4n) is 1.88. The Balaban J connectivity index is 2.09. The van der Waals surface area contributed by atoms with Crippen molar-refractivity contribution in [2.24, 2.45) is 5.92 Å². The summed E-state index contributed by atoms with van der Waals surface area (Å²) < 4.78 is 5.61. The molecule has 4 nitrogen and oxygen atoms in total. The lowest BCUT2D eigenvalue weighted by Crippen LogP contribution is -2.11. The first-order chi connectivity index (χ1) is 10.4. The van der Waals surface area contributed by atoms with Gasteiger partial charge in [-0.15, -0.1) is 11.3 Å². The van der Waals surface area contributed by atoms with Crippen LogP contribution in [0.1, 0.15) is 34.2 Å². The van der Waals surface area contributed by atoms with Gasteiger partial charge in [0.2, 0.25) is 0 Å². The van der Waals surface area contributed by atoms with Crippen molar-refractivity contribution < 1.29 is 9.53 Å². The molecule has 0 atom stereocenters. The first-order valence-electron chi connectivity index (χ1n) is 7.04. The Morgan fingerprint density at radius 1 is 1.41 bits per heavy atom. The van der Waals surface area contributed by atoms with Crippen LogP contribution < -0.4 is 10.1 Å². The number of anilines is 1. The molecule has 1 aromatic heterocycles. The van der Waals surface area contributed by atoms with Crippen LogP contribution in [0.15, 0.2) is 18.2 Å². The molecule has 1 N–H and O–H groups in total. The van der Waals surface area contributed by atoms with Gasteiger partial charge >= 0.3 is 0 Å². The maximum absolute atomic E-state index is 12.2. The first kappa shape index (κ1) is 16.8. The number of rotatable bonds is 5. The Kier molecular flexibility index (Phi) is 5.42. The van der Waals surface area contributed by atoms with Crippen LogP contribution in [0.2, 0.25) is 5.02 Å². The van der Waals surface area contributed by atoms with Gasteiger partial charge < -0.3 is 10.1 Å². The molecule has 0 spiro atoms. The number of halogens is 1. The average Bonchev–Trinajstić information content (AvgIpc) is 2.76. The number of nitrogens with zero attached hydrogens (tertiary/aromatic N) is 1. The molecule has 0 unspecified atom stereocenters. The van der Waals surface area contributed by atoms with Crippen LogP contribution >= 0.6 is 22.9 Å². The van der Waals surface area contributed by atoms with Crippen molar-refractivity contribution in [3.63, 3.8) is 0 Å². The Morgan fingerprint density at radius 3 is 2.68 bits per heavy atom. The lowest BCUT2D eigenvalue weighted by atomic mass is 10.2. The van der Waals surface area contributed by atoms with Gasteiger partial charge in [0.1, 0.15) is 10.6 Å². The molecule has 22 heavy (non-hydrogen) atoms. The van der Waals surface area contributed by atoms with Gasteiger partial charge in [-0.3, -0.25) is 4.79 Å². The SMILES string of the molecule is Cc1nc(C)c(C(=O)Nc2ccc(OCC(C)C)c(Cl)c2)s1. The highest BCUT2D eigenvalue weighted by atomic mass is 35.5. The number of nitrogens with one attached hydrogen (secondary N) is 1. The van der Waals surface area contributed by atoms with E-state index in [1.165, 1.54) is 11.3 Å². The number of benzene rings is 1. The number of hydrogen-bond acceptors (Lipinski definition) is 4. The monoisotopic (exact) mass is 338 g/mol. The lowest BCUT2D eigenvalue weighted by molar-refractivity contribution is 0.103. The average molecular weight is 339 g/mol. The summed E-state index contributed by atoms with van der Waals surface area (Å²) in [4.78, 5) is 17.1. The highest BCUT2D eigenvalue weighted by Gasteiger charge is 2.14. The Labute approximate surface area is 139 Å². The fraction of sp³-hybridized carbons (Fsp3) is 0.375. The molecule has 0 radical (unpaired) electrons. The highest BCUT2D eigenvalue weighted by molar-refractivity contribution is 7.13. The van der Waals surface area contributed by atoms with Crippen LogP contribution in [-0.2, 0) is 0 Å². The second kappa shape index (κ2) is 7.11. The van der Waals surface area contributed by atoms with Gasteiger partial charge in [-0.2, -0.15) is 0 Å². The fourth-order valence-corrected chi connectivity index (χ4v) is 2.93. The summed E-state index contributed by atoms with van der Waals surface area (Å²) in [5.41, 5.74) is 1.38. The Hall–Kier alpha value is -1.59. The minimum absolute atomic E-state index is 0.171. The van der Waals surface area contributed by atoms with Gasteiger partial charge in [0.15, 0.2) is 0 Å². The van der Waals surface area contributed by atoms with Crippen LogP contribution in [0, 0.1) is 19.8 Å². The molecule has 0 fully saturated rings. The van der Waals surface area contributed by atoms with Crippen molar-refractivity contribution in [2.75, 3.05) is 11.9 Å². The van der Waals surface area contributed by atoms with Gasteiger partial charge in [-0.1, -0.05) is 25.4 Å². The third kappa shape index (κ3) is 4.21. The van der Waals surface area contributed by atoms with Gasteiger partial charge in [0, 0.05) is 5.69 Å². The number of thiazole rings is 1. The van der Waals surface area contributed by atoms with Crippen LogP contribution in [0.3, 0.4) is 0 Å². The first-order valence-corrected chi connectivity index (χ1v) is 8.24. The van der Waals surface area contributed by atoms with E-state index >= 15 is 0 Å².